The summed E-state index contributed by atoms with van der Waals surface area (Å²) in [6, 6.07) is 7.59. The van der Waals surface area contributed by atoms with Gasteiger partial charge in [0, 0.05) is 5.69 Å². The second-order valence-electron chi connectivity index (χ2n) is 7.32. The molecule has 2 aliphatic rings. The van der Waals surface area contributed by atoms with Gasteiger partial charge in [-0.25, -0.2) is 0 Å². The highest BCUT2D eigenvalue weighted by molar-refractivity contribution is 6.39. The highest BCUT2D eigenvalue weighted by Gasteiger charge is 2.39. The molecule has 2 aliphatic carbocycles. The Morgan fingerprint density at radius 1 is 1.28 bits per heavy atom. The number of carbonyl (C=O) groups is 2. The van der Waals surface area contributed by atoms with Crippen LogP contribution in [0.2, 0.25) is 0 Å². The van der Waals surface area contributed by atoms with Crippen molar-refractivity contribution in [3.63, 3.8) is 0 Å². The molecule has 1 saturated carbocycles. The summed E-state index contributed by atoms with van der Waals surface area (Å²) in [5, 5.41) is 12.5. The molecule has 0 spiro atoms. The molecule has 1 atom stereocenters. The molecule has 2 aromatic rings. The fraction of sp³-hybridized carbons (Fsp3) is 0.421. The van der Waals surface area contributed by atoms with Gasteiger partial charge >= 0.3 is 11.8 Å². The third kappa shape index (κ3) is 3.16. The van der Waals surface area contributed by atoms with E-state index in [9.17, 15) is 9.59 Å². The zero-order chi connectivity index (χ0) is 17.4. The number of anilines is 1. The number of H-pyrrole nitrogens is 1. The number of aromatic amines is 1. The van der Waals surface area contributed by atoms with Crippen LogP contribution in [0.1, 0.15) is 55.5 Å². The molecule has 130 valence electrons. The van der Waals surface area contributed by atoms with Gasteiger partial charge in [0.1, 0.15) is 0 Å². The molecule has 1 aromatic carbocycles. The third-order valence-corrected chi connectivity index (χ3v) is 5.37. The first kappa shape index (κ1) is 15.9. The molecule has 0 saturated heterocycles. The standard InChI is InChI=1S/C19H22N4O2/c1-19(8-9-19)13-5-3-6-14(10-13)21-17(24)18(25)22-15-7-2-4-12-11-20-23-16(12)15/h3,5-6,10-11,15H,2,4,7-9H2,1H3,(H,20,23)(H,21,24)(H,22,25). The third-order valence-electron chi connectivity index (χ3n) is 5.37. The number of hydrogen-bond acceptors (Lipinski definition) is 3. The molecule has 6 heteroatoms. The van der Waals surface area contributed by atoms with E-state index in [0.717, 1.165) is 30.5 Å². The summed E-state index contributed by atoms with van der Waals surface area (Å²) in [6.07, 6.45) is 6.85. The van der Waals surface area contributed by atoms with Gasteiger partial charge in [0.25, 0.3) is 0 Å². The van der Waals surface area contributed by atoms with Crippen molar-refractivity contribution in [1.29, 1.82) is 0 Å². The van der Waals surface area contributed by atoms with Gasteiger partial charge in [0.05, 0.1) is 17.9 Å². The van der Waals surface area contributed by atoms with Gasteiger partial charge in [-0.15, -0.1) is 0 Å². The fourth-order valence-electron chi connectivity index (χ4n) is 3.47. The molecule has 1 heterocycles. The lowest BCUT2D eigenvalue weighted by Gasteiger charge is -2.22. The maximum absolute atomic E-state index is 12.3. The average Bonchev–Trinajstić information content (AvgIpc) is 3.18. The number of benzene rings is 1. The topological polar surface area (TPSA) is 86.9 Å². The molecule has 0 aliphatic heterocycles. The van der Waals surface area contributed by atoms with Gasteiger partial charge in [-0.3, -0.25) is 14.7 Å². The zero-order valence-corrected chi connectivity index (χ0v) is 14.3. The average molecular weight is 338 g/mol. The number of rotatable bonds is 3. The molecule has 2 amide bonds. The Labute approximate surface area is 146 Å². The highest BCUT2D eigenvalue weighted by Crippen LogP contribution is 2.47. The number of nitrogens with one attached hydrogen (secondary N) is 3. The molecule has 4 rings (SSSR count). The second-order valence-corrected chi connectivity index (χ2v) is 7.32. The van der Waals surface area contributed by atoms with Crippen LogP contribution in [0.5, 0.6) is 0 Å². The minimum Gasteiger partial charge on any atom is -0.339 e. The Balaban J connectivity index is 1.41. The first-order chi connectivity index (χ1) is 12.0. The summed E-state index contributed by atoms with van der Waals surface area (Å²) in [5.41, 5.74) is 4.12. The van der Waals surface area contributed by atoms with Crippen molar-refractivity contribution in [1.82, 2.24) is 15.5 Å². The predicted molar refractivity (Wildman–Crippen MR) is 94.1 cm³/mol. The molecule has 3 N–H and O–H groups in total. The van der Waals surface area contributed by atoms with Crippen LogP contribution in [0.4, 0.5) is 5.69 Å². The van der Waals surface area contributed by atoms with E-state index in [0.29, 0.717) is 5.69 Å². The molecule has 25 heavy (non-hydrogen) atoms. The highest BCUT2D eigenvalue weighted by atomic mass is 16.2. The van der Waals surface area contributed by atoms with E-state index in [4.69, 9.17) is 0 Å². The number of nitrogens with zero attached hydrogens (tertiary/aromatic N) is 1. The lowest BCUT2D eigenvalue weighted by Crippen LogP contribution is -2.39. The van der Waals surface area contributed by atoms with Crippen LogP contribution in [-0.2, 0) is 21.4 Å². The maximum atomic E-state index is 12.3. The fourth-order valence-corrected chi connectivity index (χ4v) is 3.47. The van der Waals surface area contributed by atoms with E-state index in [-0.39, 0.29) is 11.5 Å². The maximum Gasteiger partial charge on any atom is 0.313 e. The molecular weight excluding hydrogens is 316 g/mol. The van der Waals surface area contributed by atoms with Gasteiger partial charge < -0.3 is 10.6 Å². The lowest BCUT2D eigenvalue weighted by atomic mass is 9.94. The summed E-state index contributed by atoms with van der Waals surface area (Å²) in [7, 11) is 0. The van der Waals surface area contributed by atoms with E-state index in [1.807, 2.05) is 18.2 Å². The summed E-state index contributed by atoms with van der Waals surface area (Å²) in [4.78, 5) is 24.5. The van der Waals surface area contributed by atoms with Crippen LogP contribution >= 0.6 is 0 Å². The zero-order valence-electron chi connectivity index (χ0n) is 14.3. The number of hydrogen-bond donors (Lipinski definition) is 3. The smallest absolute Gasteiger partial charge is 0.313 e. The summed E-state index contributed by atoms with van der Waals surface area (Å²) < 4.78 is 0. The van der Waals surface area contributed by atoms with Gasteiger partial charge in [0.15, 0.2) is 0 Å². The van der Waals surface area contributed by atoms with Crippen molar-refractivity contribution in [3.8, 4) is 0 Å². The van der Waals surface area contributed by atoms with Crippen LogP contribution in [0.25, 0.3) is 0 Å². The van der Waals surface area contributed by atoms with Crippen molar-refractivity contribution >= 4 is 17.5 Å². The Morgan fingerprint density at radius 2 is 2.12 bits per heavy atom. The Bertz CT molecular complexity index is 822. The number of amides is 2. The van der Waals surface area contributed by atoms with Crippen molar-refractivity contribution in [2.24, 2.45) is 0 Å². The number of aromatic nitrogens is 2. The minimum absolute atomic E-state index is 0.179. The van der Waals surface area contributed by atoms with Gasteiger partial charge in [0.2, 0.25) is 0 Å². The molecule has 1 aromatic heterocycles. The molecule has 0 radical (unpaired) electrons. The largest absolute Gasteiger partial charge is 0.339 e. The minimum atomic E-state index is -0.635. The second kappa shape index (κ2) is 6.02. The van der Waals surface area contributed by atoms with Gasteiger partial charge in [-0.05, 0) is 60.8 Å². The number of aryl methyl sites for hydroxylation is 1. The van der Waals surface area contributed by atoms with E-state index in [1.165, 1.54) is 18.4 Å². The van der Waals surface area contributed by atoms with Crippen LogP contribution < -0.4 is 10.6 Å². The van der Waals surface area contributed by atoms with Crippen LogP contribution in [-0.4, -0.2) is 22.0 Å². The Kier molecular flexibility index (Phi) is 3.82. The summed E-state index contributed by atoms with van der Waals surface area (Å²) in [5.74, 6) is -1.25. The van der Waals surface area contributed by atoms with Gasteiger partial charge in [-0.1, -0.05) is 19.1 Å². The summed E-state index contributed by atoms with van der Waals surface area (Å²) >= 11 is 0. The van der Waals surface area contributed by atoms with Crippen molar-refractivity contribution in [2.75, 3.05) is 5.32 Å². The number of carbonyl (C=O) groups excluding carboxylic acids is 2. The van der Waals surface area contributed by atoms with E-state index in [2.05, 4.69) is 33.8 Å². The molecule has 1 fully saturated rings. The molecule has 0 bridgehead atoms. The molecule has 6 nitrogen and oxygen atoms in total. The molecule has 1 unspecified atom stereocenters. The lowest BCUT2D eigenvalue weighted by molar-refractivity contribution is -0.136. The summed E-state index contributed by atoms with van der Waals surface area (Å²) in [6.45, 7) is 2.21. The predicted octanol–water partition coefficient (Wildman–Crippen LogP) is 2.59. The van der Waals surface area contributed by atoms with E-state index >= 15 is 0 Å². The van der Waals surface area contributed by atoms with Crippen molar-refractivity contribution in [3.05, 3.63) is 47.3 Å². The van der Waals surface area contributed by atoms with E-state index in [1.54, 1.807) is 6.20 Å². The quantitative estimate of drug-likeness (QED) is 0.752. The first-order valence-corrected chi connectivity index (χ1v) is 8.80. The Morgan fingerprint density at radius 3 is 2.92 bits per heavy atom. The van der Waals surface area contributed by atoms with Gasteiger partial charge in [-0.2, -0.15) is 5.10 Å². The number of fused-ring (bicyclic) bond motifs is 1. The monoisotopic (exact) mass is 338 g/mol. The SMILES string of the molecule is CC1(c2cccc(NC(=O)C(=O)NC3CCCc4cn[nH]c43)c2)CC1. The first-order valence-electron chi connectivity index (χ1n) is 8.80. The van der Waals surface area contributed by atoms with Crippen LogP contribution in [0.15, 0.2) is 30.5 Å². The normalized spacial score (nSPS) is 20.4. The Hall–Kier alpha value is -2.63. The molecular formula is C19H22N4O2. The van der Waals surface area contributed by atoms with Crippen LogP contribution in [0, 0.1) is 0 Å². The van der Waals surface area contributed by atoms with E-state index < -0.39 is 11.8 Å². The van der Waals surface area contributed by atoms with Crippen molar-refractivity contribution < 1.29 is 9.59 Å². The van der Waals surface area contributed by atoms with Crippen molar-refractivity contribution in [2.45, 2.75) is 50.5 Å². The van der Waals surface area contributed by atoms with Crippen LogP contribution in [0.3, 0.4) is 0 Å².